The fourth-order valence-electron chi connectivity index (χ4n) is 5.04. The maximum atomic E-state index is 14.5. The first-order valence-corrected chi connectivity index (χ1v) is 14.9. The summed E-state index contributed by atoms with van der Waals surface area (Å²) in [6, 6.07) is 4.09. The Morgan fingerprint density at radius 1 is 1.12 bits per heavy atom. The minimum absolute atomic E-state index is 0.0270. The topological polar surface area (TPSA) is 119 Å². The second-order valence-electron chi connectivity index (χ2n) is 11.2. The molecule has 0 amide bonds. The van der Waals surface area contributed by atoms with Crippen LogP contribution in [0.4, 0.5) is 4.39 Å². The van der Waals surface area contributed by atoms with Crippen LogP contribution >= 0.6 is 11.3 Å². The third kappa shape index (κ3) is 6.48. The number of hydrogen-bond acceptors (Lipinski definition) is 9. The van der Waals surface area contributed by atoms with Gasteiger partial charge in [-0.05, 0) is 51.3 Å². The van der Waals surface area contributed by atoms with Gasteiger partial charge >= 0.3 is 5.69 Å². The molecule has 0 N–H and O–H groups in total. The molecular formula is C30H38FN5O6S. The van der Waals surface area contributed by atoms with Crippen LogP contribution in [-0.4, -0.2) is 57.3 Å². The number of Topliss-reactive ketones (excluding diaryl/α,β-unsaturated/α-hetero) is 1. The molecule has 1 atom stereocenters. The van der Waals surface area contributed by atoms with Gasteiger partial charge < -0.3 is 14.2 Å². The zero-order valence-corrected chi connectivity index (χ0v) is 26.4. The lowest BCUT2D eigenvalue weighted by molar-refractivity contribution is -0.127. The van der Waals surface area contributed by atoms with E-state index < -0.39 is 28.7 Å². The van der Waals surface area contributed by atoms with Gasteiger partial charge in [-0.2, -0.15) is 10.2 Å². The summed E-state index contributed by atoms with van der Waals surface area (Å²) in [5.74, 6) is -0.331. The molecule has 0 aliphatic heterocycles. The molecule has 0 bridgehead atoms. The van der Waals surface area contributed by atoms with E-state index in [1.54, 1.807) is 27.9 Å². The number of halogens is 1. The normalized spacial score (nSPS) is 12.8. The van der Waals surface area contributed by atoms with E-state index in [0.717, 1.165) is 4.57 Å². The van der Waals surface area contributed by atoms with Crippen molar-refractivity contribution in [3.63, 3.8) is 0 Å². The largest absolute Gasteiger partial charge is 0.496 e. The zero-order chi connectivity index (χ0) is 31.5. The molecule has 4 rings (SSSR count). The van der Waals surface area contributed by atoms with Crippen LogP contribution in [0.15, 0.2) is 40.2 Å². The Labute approximate surface area is 252 Å². The molecule has 1 aromatic carbocycles. The van der Waals surface area contributed by atoms with Crippen molar-refractivity contribution in [3.05, 3.63) is 68.4 Å². The number of nitrogens with zero attached hydrogens (tertiary/aromatic N) is 5. The van der Waals surface area contributed by atoms with Crippen molar-refractivity contribution >= 4 is 27.3 Å². The Morgan fingerprint density at radius 2 is 1.81 bits per heavy atom. The van der Waals surface area contributed by atoms with Crippen LogP contribution < -0.4 is 16.0 Å². The molecule has 11 nitrogen and oxygen atoms in total. The van der Waals surface area contributed by atoms with Crippen molar-refractivity contribution in [3.8, 4) is 10.8 Å². The van der Waals surface area contributed by atoms with Gasteiger partial charge in [0.2, 0.25) is 0 Å². The number of carbonyl (C=O) groups is 1. The van der Waals surface area contributed by atoms with Gasteiger partial charge in [0, 0.05) is 37.9 Å². The average Bonchev–Trinajstić information content (AvgIpc) is 3.60. The van der Waals surface area contributed by atoms with E-state index in [2.05, 4.69) is 10.2 Å². The standard InChI is InChI=1S/C30H38FN5O6S/c1-18(2)15-24(37)30(4,5)35-26(38)25-19(3)27(36-32-11-12-33-36)43-28(25)34(29(35)39)17-23(42-14-8-13-40-6)21-16-20(31)9-10-22(21)41-7/h9-12,16,18,23H,8,13-15,17H2,1-7H3/t23-/m0/s1. The quantitative estimate of drug-likeness (QED) is 0.192. The number of carbonyl (C=O) groups excluding carboxylic acids is 1. The molecule has 0 aliphatic rings. The highest BCUT2D eigenvalue weighted by atomic mass is 32.1. The van der Waals surface area contributed by atoms with E-state index in [1.807, 2.05) is 13.8 Å². The van der Waals surface area contributed by atoms with Gasteiger partial charge in [-0.15, -0.1) is 4.80 Å². The van der Waals surface area contributed by atoms with Crippen LogP contribution in [0.3, 0.4) is 0 Å². The van der Waals surface area contributed by atoms with Crippen LogP contribution in [0.5, 0.6) is 5.75 Å². The highest BCUT2D eigenvalue weighted by Gasteiger charge is 2.36. The highest BCUT2D eigenvalue weighted by Crippen LogP contribution is 2.34. The van der Waals surface area contributed by atoms with Crippen LogP contribution in [0.25, 0.3) is 15.2 Å². The molecule has 43 heavy (non-hydrogen) atoms. The maximum absolute atomic E-state index is 14.5. The predicted molar refractivity (Wildman–Crippen MR) is 162 cm³/mol. The molecule has 0 spiro atoms. The van der Waals surface area contributed by atoms with Crippen molar-refractivity contribution in [1.82, 2.24) is 24.1 Å². The van der Waals surface area contributed by atoms with Gasteiger partial charge in [0.1, 0.15) is 33.0 Å². The Bertz CT molecular complexity index is 1710. The van der Waals surface area contributed by atoms with Gasteiger partial charge in [-0.1, -0.05) is 25.2 Å². The number of fused-ring (bicyclic) bond motifs is 1. The third-order valence-electron chi connectivity index (χ3n) is 7.32. The van der Waals surface area contributed by atoms with E-state index in [-0.39, 0.29) is 36.7 Å². The number of ether oxygens (including phenoxy) is 3. The van der Waals surface area contributed by atoms with Gasteiger partial charge in [-0.3, -0.25) is 14.2 Å². The van der Waals surface area contributed by atoms with Crippen LogP contribution in [0, 0.1) is 18.7 Å². The van der Waals surface area contributed by atoms with Gasteiger partial charge in [-0.25, -0.2) is 13.8 Å². The number of rotatable bonds is 14. The van der Waals surface area contributed by atoms with E-state index in [9.17, 15) is 18.8 Å². The number of benzene rings is 1. The number of aromatic nitrogens is 5. The summed E-state index contributed by atoms with van der Waals surface area (Å²) in [6.45, 7) is 9.34. The summed E-state index contributed by atoms with van der Waals surface area (Å²) >= 11 is 1.18. The Morgan fingerprint density at radius 3 is 2.44 bits per heavy atom. The molecule has 13 heteroatoms. The molecule has 0 unspecified atom stereocenters. The van der Waals surface area contributed by atoms with Crippen molar-refractivity contribution in [2.75, 3.05) is 27.4 Å². The molecular weight excluding hydrogens is 577 g/mol. The van der Waals surface area contributed by atoms with Gasteiger partial charge in [0.25, 0.3) is 5.56 Å². The highest BCUT2D eigenvalue weighted by molar-refractivity contribution is 7.21. The monoisotopic (exact) mass is 615 g/mol. The second-order valence-corrected chi connectivity index (χ2v) is 12.2. The van der Waals surface area contributed by atoms with E-state index in [0.29, 0.717) is 39.7 Å². The lowest BCUT2D eigenvalue weighted by Crippen LogP contribution is -2.53. The van der Waals surface area contributed by atoms with Crippen LogP contribution in [0.1, 0.15) is 57.8 Å². The molecule has 4 aromatic rings. The van der Waals surface area contributed by atoms with Gasteiger partial charge in [0.15, 0.2) is 5.78 Å². The summed E-state index contributed by atoms with van der Waals surface area (Å²) in [5.41, 5.74) is -1.74. The van der Waals surface area contributed by atoms with Crippen molar-refractivity contribution < 1.29 is 23.4 Å². The number of ketones is 1. The number of aryl methyl sites for hydroxylation is 1. The molecule has 0 saturated carbocycles. The minimum atomic E-state index is -1.45. The fraction of sp³-hybridized carbons (Fsp3) is 0.500. The number of hydrogen-bond donors (Lipinski definition) is 0. The van der Waals surface area contributed by atoms with Crippen molar-refractivity contribution in [2.24, 2.45) is 5.92 Å². The van der Waals surface area contributed by atoms with E-state index >= 15 is 0 Å². The molecule has 0 saturated heterocycles. The SMILES string of the molecule is COCCCO[C@@H](Cn1c(=O)n(C(C)(C)C(=O)CC(C)C)c(=O)c2c(C)c(-n3nccn3)sc21)c1cc(F)ccc1OC. The lowest BCUT2D eigenvalue weighted by Gasteiger charge is -2.28. The first-order valence-electron chi connectivity index (χ1n) is 14.1. The predicted octanol–water partition coefficient (Wildman–Crippen LogP) is 4.41. The summed E-state index contributed by atoms with van der Waals surface area (Å²) < 4.78 is 33.9. The summed E-state index contributed by atoms with van der Waals surface area (Å²) in [7, 11) is 3.05. The smallest absolute Gasteiger partial charge is 0.333 e. The molecule has 0 radical (unpaired) electrons. The number of thiophene rings is 1. The first kappa shape index (κ1) is 32.2. The maximum Gasteiger partial charge on any atom is 0.333 e. The summed E-state index contributed by atoms with van der Waals surface area (Å²) in [5, 5.41) is 9.27. The third-order valence-corrected chi connectivity index (χ3v) is 8.60. The minimum Gasteiger partial charge on any atom is -0.496 e. The zero-order valence-electron chi connectivity index (χ0n) is 25.5. The van der Waals surface area contributed by atoms with Crippen molar-refractivity contribution in [2.45, 2.75) is 65.6 Å². The average molecular weight is 616 g/mol. The summed E-state index contributed by atoms with van der Waals surface area (Å²) in [4.78, 5) is 43.7. The molecule has 3 aromatic heterocycles. The first-order chi connectivity index (χ1) is 20.4. The molecule has 0 fully saturated rings. The Hall–Kier alpha value is -3.68. The fourth-order valence-corrected chi connectivity index (χ4v) is 6.26. The van der Waals surface area contributed by atoms with Crippen LogP contribution in [0.2, 0.25) is 0 Å². The van der Waals surface area contributed by atoms with E-state index in [4.69, 9.17) is 14.2 Å². The molecule has 0 aliphatic carbocycles. The van der Waals surface area contributed by atoms with Crippen LogP contribution in [-0.2, 0) is 26.4 Å². The summed E-state index contributed by atoms with van der Waals surface area (Å²) in [6.07, 6.45) is 2.93. The second kappa shape index (κ2) is 13.3. The Kier molecular flexibility index (Phi) is 9.98. The lowest BCUT2D eigenvalue weighted by atomic mass is 9.91. The van der Waals surface area contributed by atoms with Gasteiger partial charge in [0.05, 0.1) is 31.4 Å². The Balaban J connectivity index is 2.00. The van der Waals surface area contributed by atoms with Crippen molar-refractivity contribution in [1.29, 1.82) is 0 Å². The molecule has 232 valence electrons. The number of methoxy groups -OCH3 is 2. The van der Waals surface area contributed by atoms with E-state index in [1.165, 1.54) is 58.4 Å². The molecule has 3 heterocycles.